The number of carbonyl (C=O) groups excluding carboxylic acids is 1. The topological polar surface area (TPSA) is 74.7 Å². The van der Waals surface area contributed by atoms with Crippen LogP contribution in [-0.2, 0) is 9.84 Å². The Morgan fingerprint density at radius 2 is 1.89 bits per heavy atom. The van der Waals surface area contributed by atoms with E-state index < -0.39 is 22.0 Å². The van der Waals surface area contributed by atoms with Crippen LogP contribution in [0.2, 0.25) is 0 Å². The molecule has 0 radical (unpaired) electrons. The second kappa shape index (κ2) is 4.70. The van der Waals surface area contributed by atoms with Crippen LogP contribution < -0.4 is 0 Å². The SMILES string of the molecule is CN(C(=O)c1ccccc1)C1CS(=O)(=O)CC1O. The molecule has 1 saturated heterocycles. The molecule has 18 heavy (non-hydrogen) atoms. The van der Waals surface area contributed by atoms with Crippen LogP contribution in [0.25, 0.3) is 0 Å². The van der Waals surface area contributed by atoms with E-state index in [1.54, 1.807) is 30.3 Å². The average molecular weight is 269 g/mol. The first kappa shape index (κ1) is 13.0. The van der Waals surface area contributed by atoms with Crippen molar-refractivity contribution in [2.45, 2.75) is 12.1 Å². The molecule has 1 amide bonds. The molecule has 2 atom stereocenters. The fourth-order valence-electron chi connectivity index (χ4n) is 2.12. The molecule has 2 unspecified atom stereocenters. The van der Waals surface area contributed by atoms with Crippen LogP contribution in [0.4, 0.5) is 0 Å². The van der Waals surface area contributed by atoms with Gasteiger partial charge in [-0.25, -0.2) is 8.42 Å². The number of likely N-dealkylation sites (N-methyl/N-ethyl adjacent to an activating group) is 1. The van der Waals surface area contributed by atoms with Gasteiger partial charge in [0.1, 0.15) is 0 Å². The van der Waals surface area contributed by atoms with Crippen molar-refractivity contribution in [1.29, 1.82) is 0 Å². The first-order valence-electron chi connectivity index (χ1n) is 5.61. The lowest BCUT2D eigenvalue weighted by Gasteiger charge is -2.26. The number of hydrogen-bond donors (Lipinski definition) is 1. The molecule has 1 aliphatic rings. The highest BCUT2D eigenvalue weighted by molar-refractivity contribution is 7.91. The number of benzene rings is 1. The highest BCUT2D eigenvalue weighted by atomic mass is 32.2. The smallest absolute Gasteiger partial charge is 0.253 e. The van der Waals surface area contributed by atoms with E-state index in [0.29, 0.717) is 5.56 Å². The quantitative estimate of drug-likeness (QED) is 0.814. The molecule has 0 bridgehead atoms. The molecule has 6 heteroatoms. The third-order valence-corrected chi connectivity index (χ3v) is 4.83. The third kappa shape index (κ3) is 2.54. The third-order valence-electron chi connectivity index (χ3n) is 3.13. The fraction of sp³-hybridized carbons (Fsp3) is 0.417. The summed E-state index contributed by atoms with van der Waals surface area (Å²) in [6, 6.07) is 7.93. The van der Waals surface area contributed by atoms with Crippen molar-refractivity contribution in [3.8, 4) is 0 Å². The number of sulfone groups is 1. The minimum atomic E-state index is -3.25. The van der Waals surface area contributed by atoms with Crippen molar-refractivity contribution in [2.24, 2.45) is 0 Å². The van der Waals surface area contributed by atoms with Crippen LogP contribution in [0.1, 0.15) is 10.4 Å². The van der Waals surface area contributed by atoms with Crippen molar-refractivity contribution in [1.82, 2.24) is 4.90 Å². The number of carbonyl (C=O) groups is 1. The summed E-state index contributed by atoms with van der Waals surface area (Å²) in [5.41, 5.74) is 0.483. The molecule has 1 aromatic rings. The summed E-state index contributed by atoms with van der Waals surface area (Å²) >= 11 is 0. The zero-order valence-electron chi connectivity index (χ0n) is 9.98. The minimum Gasteiger partial charge on any atom is -0.390 e. The Labute approximate surface area is 106 Å². The van der Waals surface area contributed by atoms with E-state index >= 15 is 0 Å². The van der Waals surface area contributed by atoms with E-state index in [2.05, 4.69) is 0 Å². The molecule has 0 saturated carbocycles. The molecule has 1 aromatic carbocycles. The van der Waals surface area contributed by atoms with Gasteiger partial charge in [-0.05, 0) is 12.1 Å². The lowest BCUT2D eigenvalue weighted by atomic mass is 10.1. The number of nitrogens with zero attached hydrogens (tertiary/aromatic N) is 1. The maximum absolute atomic E-state index is 12.1. The van der Waals surface area contributed by atoms with Gasteiger partial charge in [-0.2, -0.15) is 0 Å². The van der Waals surface area contributed by atoms with Gasteiger partial charge in [0.05, 0.1) is 23.7 Å². The van der Waals surface area contributed by atoms with Gasteiger partial charge in [-0.3, -0.25) is 4.79 Å². The van der Waals surface area contributed by atoms with E-state index in [-0.39, 0.29) is 17.4 Å². The first-order valence-corrected chi connectivity index (χ1v) is 7.43. The molecule has 5 nitrogen and oxygen atoms in total. The summed E-state index contributed by atoms with van der Waals surface area (Å²) < 4.78 is 22.8. The average Bonchev–Trinajstić information content (AvgIpc) is 2.62. The van der Waals surface area contributed by atoms with Gasteiger partial charge >= 0.3 is 0 Å². The molecule has 98 valence electrons. The van der Waals surface area contributed by atoms with E-state index in [1.165, 1.54) is 11.9 Å². The summed E-state index contributed by atoms with van der Waals surface area (Å²) in [5, 5.41) is 9.72. The van der Waals surface area contributed by atoms with Crippen molar-refractivity contribution in [3.63, 3.8) is 0 Å². The molecule has 0 spiro atoms. The molecule has 1 aliphatic heterocycles. The van der Waals surface area contributed by atoms with Crippen LogP contribution in [-0.4, -0.2) is 55.0 Å². The highest BCUT2D eigenvalue weighted by Gasteiger charge is 2.40. The zero-order valence-corrected chi connectivity index (χ0v) is 10.8. The van der Waals surface area contributed by atoms with Gasteiger partial charge in [0.25, 0.3) is 5.91 Å². The second-order valence-electron chi connectivity index (χ2n) is 4.49. The maximum atomic E-state index is 12.1. The summed E-state index contributed by atoms with van der Waals surface area (Å²) in [5.74, 6) is -0.732. The number of hydrogen-bond acceptors (Lipinski definition) is 4. The summed E-state index contributed by atoms with van der Waals surface area (Å²) in [7, 11) is -1.73. The number of amides is 1. The lowest BCUT2D eigenvalue weighted by molar-refractivity contribution is 0.0581. The van der Waals surface area contributed by atoms with Gasteiger partial charge in [0.2, 0.25) is 0 Å². The lowest BCUT2D eigenvalue weighted by Crippen LogP contribution is -2.44. The summed E-state index contributed by atoms with van der Waals surface area (Å²) in [6.45, 7) is 0. The minimum absolute atomic E-state index is 0.177. The Hall–Kier alpha value is -1.40. The Morgan fingerprint density at radius 1 is 1.28 bits per heavy atom. The molecular weight excluding hydrogens is 254 g/mol. The van der Waals surface area contributed by atoms with Crippen LogP contribution >= 0.6 is 0 Å². The zero-order chi connectivity index (χ0) is 13.3. The van der Waals surface area contributed by atoms with Gasteiger partial charge < -0.3 is 10.0 Å². The Balaban J connectivity index is 2.18. The van der Waals surface area contributed by atoms with Crippen LogP contribution in [0.3, 0.4) is 0 Å². The van der Waals surface area contributed by atoms with Gasteiger partial charge in [0.15, 0.2) is 9.84 Å². The number of aliphatic hydroxyl groups excluding tert-OH is 1. The highest BCUT2D eigenvalue weighted by Crippen LogP contribution is 2.19. The maximum Gasteiger partial charge on any atom is 0.253 e. The monoisotopic (exact) mass is 269 g/mol. The molecule has 1 fully saturated rings. The number of aliphatic hydroxyl groups is 1. The molecular formula is C12H15NO4S. The second-order valence-corrected chi connectivity index (χ2v) is 6.65. The van der Waals surface area contributed by atoms with Crippen molar-refractivity contribution >= 4 is 15.7 Å². The molecule has 2 rings (SSSR count). The van der Waals surface area contributed by atoms with Crippen LogP contribution in [0.5, 0.6) is 0 Å². The normalized spacial score (nSPS) is 25.9. The van der Waals surface area contributed by atoms with Crippen LogP contribution in [0, 0.1) is 0 Å². The van der Waals surface area contributed by atoms with Gasteiger partial charge in [-0.1, -0.05) is 18.2 Å². The Morgan fingerprint density at radius 3 is 2.39 bits per heavy atom. The van der Waals surface area contributed by atoms with E-state index in [4.69, 9.17) is 0 Å². The van der Waals surface area contributed by atoms with E-state index in [1.807, 2.05) is 0 Å². The van der Waals surface area contributed by atoms with Gasteiger partial charge in [0, 0.05) is 12.6 Å². The summed E-state index contributed by atoms with van der Waals surface area (Å²) in [4.78, 5) is 13.4. The molecule has 0 aliphatic carbocycles. The predicted octanol–water partition coefficient (Wildman–Crippen LogP) is -0.0835. The summed E-state index contributed by atoms with van der Waals surface area (Å²) in [6.07, 6.45) is -1.01. The Kier molecular flexibility index (Phi) is 3.41. The van der Waals surface area contributed by atoms with Crippen molar-refractivity contribution in [2.75, 3.05) is 18.6 Å². The molecule has 1 heterocycles. The van der Waals surface area contributed by atoms with E-state index in [0.717, 1.165) is 0 Å². The van der Waals surface area contributed by atoms with Crippen molar-refractivity contribution < 1.29 is 18.3 Å². The molecule has 1 N–H and O–H groups in total. The Bertz CT molecular complexity index is 540. The standard InChI is InChI=1S/C12H15NO4S/c1-13(10-7-18(16,17)8-11(10)14)12(15)9-5-3-2-4-6-9/h2-6,10-11,14H,7-8H2,1H3. The predicted molar refractivity (Wildman–Crippen MR) is 67.0 cm³/mol. The first-order chi connectivity index (χ1) is 8.41. The largest absolute Gasteiger partial charge is 0.390 e. The van der Waals surface area contributed by atoms with Crippen LogP contribution in [0.15, 0.2) is 30.3 Å². The number of rotatable bonds is 2. The van der Waals surface area contributed by atoms with E-state index in [9.17, 15) is 18.3 Å². The fourth-order valence-corrected chi connectivity index (χ4v) is 3.96. The van der Waals surface area contributed by atoms with Crippen molar-refractivity contribution in [3.05, 3.63) is 35.9 Å². The van der Waals surface area contributed by atoms with Gasteiger partial charge in [-0.15, -0.1) is 0 Å². The molecule has 0 aromatic heterocycles.